The Hall–Kier alpha value is -3.31. The van der Waals surface area contributed by atoms with Crippen molar-refractivity contribution in [2.45, 2.75) is 31.1 Å². The predicted octanol–water partition coefficient (Wildman–Crippen LogP) is 2.87. The number of hydrogen-bond donors (Lipinski definition) is 1. The van der Waals surface area contributed by atoms with Gasteiger partial charge in [-0.05, 0) is 43.5 Å². The molecule has 32 heavy (non-hydrogen) atoms. The molecule has 0 saturated carbocycles. The summed E-state index contributed by atoms with van der Waals surface area (Å²) < 4.78 is 32.2. The molecule has 1 aliphatic rings. The van der Waals surface area contributed by atoms with E-state index in [1.807, 2.05) is 0 Å². The number of nitro groups is 1. The number of sulfonamides is 1. The fourth-order valence-electron chi connectivity index (χ4n) is 3.34. The zero-order valence-electron chi connectivity index (χ0n) is 17.4. The number of benzene rings is 2. The van der Waals surface area contributed by atoms with Crippen molar-refractivity contribution in [3.8, 4) is 0 Å². The number of rotatable bonds is 7. The largest absolute Gasteiger partial charge is 0.452 e. The lowest BCUT2D eigenvalue weighted by Crippen LogP contribution is -2.35. The Labute approximate surface area is 185 Å². The average Bonchev–Trinajstić information content (AvgIpc) is 2.78. The van der Waals surface area contributed by atoms with Crippen LogP contribution in [-0.2, 0) is 19.6 Å². The molecule has 0 radical (unpaired) electrons. The molecule has 1 amide bonds. The second-order valence-corrected chi connectivity index (χ2v) is 9.31. The maximum absolute atomic E-state index is 12.9. The van der Waals surface area contributed by atoms with Gasteiger partial charge in [0, 0.05) is 30.9 Å². The van der Waals surface area contributed by atoms with Crippen molar-refractivity contribution < 1.29 is 27.7 Å². The van der Waals surface area contributed by atoms with Crippen molar-refractivity contribution in [2.24, 2.45) is 0 Å². The number of nitro benzene ring substituents is 1. The lowest BCUT2D eigenvalue weighted by atomic mass is 10.1. The summed E-state index contributed by atoms with van der Waals surface area (Å²) in [6, 6.07) is 9.58. The van der Waals surface area contributed by atoms with Gasteiger partial charge in [-0.2, -0.15) is 4.31 Å². The first kappa shape index (κ1) is 23.4. The highest BCUT2D eigenvalue weighted by Crippen LogP contribution is 2.23. The highest BCUT2D eigenvalue weighted by atomic mass is 32.2. The quantitative estimate of drug-likeness (QED) is 0.380. The standard InChI is InChI=1S/C21H23N3O7S/c1-15-8-9-18(32(29,30)23-10-3-2-4-11-23)13-19(15)21(26)31-14-20(25)22-16-6-5-7-17(12-16)24(27)28/h5-9,12-13H,2-4,10-11,14H2,1H3,(H,22,25). The molecule has 1 heterocycles. The Bertz CT molecular complexity index is 1140. The highest BCUT2D eigenvalue weighted by Gasteiger charge is 2.27. The van der Waals surface area contributed by atoms with E-state index in [0.717, 1.165) is 19.3 Å². The van der Waals surface area contributed by atoms with E-state index in [1.165, 1.54) is 46.8 Å². The number of aryl methyl sites for hydroxylation is 1. The Balaban J connectivity index is 1.67. The van der Waals surface area contributed by atoms with Gasteiger partial charge in [-0.3, -0.25) is 14.9 Å². The number of nitrogens with zero attached hydrogens (tertiary/aromatic N) is 2. The van der Waals surface area contributed by atoms with Crippen molar-refractivity contribution in [1.82, 2.24) is 4.31 Å². The van der Waals surface area contributed by atoms with E-state index in [1.54, 1.807) is 6.92 Å². The Morgan fingerprint density at radius 3 is 2.53 bits per heavy atom. The smallest absolute Gasteiger partial charge is 0.338 e. The third kappa shape index (κ3) is 5.48. The molecule has 2 aromatic carbocycles. The summed E-state index contributed by atoms with van der Waals surface area (Å²) in [5.74, 6) is -1.53. The van der Waals surface area contributed by atoms with Crippen molar-refractivity contribution in [1.29, 1.82) is 0 Å². The number of esters is 1. The monoisotopic (exact) mass is 461 g/mol. The van der Waals surface area contributed by atoms with Crippen LogP contribution in [0.2, 0.25) is 0 Å². The molecule has 0 aromatic heterocycles. The maximum atomic E-state index is 12.9. The number of amides is 1. The van der Waals surface area contributed by atoms with Gasteiger partial charge in [0.25, 0.3) is 11.6 Å². The van der Waals surface area contributed by atoms with Gasteiger partial charge < -0.3 is 10.1 Å². The number of non-ortho nitro benzene ring substituents is 1. The zero-order valence-corrected chi connectivity index (χ0v) is 18.3. The van der Waals surface area contributed by atoms with E-state index in [4.69, 9.17) is 4.74 Å². The number of hydrogen-bond acceptors (Lipinski definition) is 7. The molecule has 1 saturated heterocycles. The first-order valence-electron chi connectivity index (χ1n) is 10.0. The van der Waals surface area contributed by atoms with Crippen LogP contribution in [0.4, 0.5) is 11.4 Å². The predicted molar refractivity (Wildman–Crippen MR) is 116 cm³/mol. The molecule has 2 aromatic rings. The Morgan fingerprint density at radius 1 is 1.12 bits per heavy atom. The minimum atomic E-state index is -3.73. The normalized spacial score (nSPS) is 14.5. The lowest BCUT2D eigenvalue weighted by Gasteiger charge is -2.26. The van der Waals surface area contributed by atoms with Crippen LogP contribution in [0.5, 0.6) is 0 Å². The molecule has 0 aliphatic carbocycles. The molecule has 1 fully saturated rings. The summed E-state index contributed by atoms with van der Waals surface area (Å²) in [5.41, 5.74) is 0.547. The fraction of sp³-hybridized carbons (Fsp3) is 0.333. The molecule has 1 N–H and O–H groups in total. The van der Waals surface area contributed by atoms with Crippen molar-refractivity contribution in [3.05, 3.63) is 63.7 Å². The van der Waals surface area contributed by atoms with Gasteiger partial charge in [0.2, 0.25) is 10.0 Å². The van der Waals surface area contributed by atoms with E-state index >= 15 is 0 Å². The van der Waals surface area contributed by atoms with Gasteiger partial charge in [0.15, 0.2) is 6.61 Å². The first-order chi connectivity index (χ1) is 15.2. The molecule has 11 heteroatoms. The third-order valence-corrected chi connectivity index (χ3v) is 6.95. The summed E-state index contributed by atoms with van der Waals surface area (Å²) in [7, 11) is -3.73. The number of carbonyl (C=O) groups is 2. The molecule has 0 spiro atoms. The van der Waals surface area contributed by atoms with E-state index in [-0.39, 0.29) is 21.8 Å². The third-order valence-electron chi connectivity index (χ3n) is 5.06. The molecule has 3 rings (SSSR count). The Morgan fingerprint density at radius 2 is 1.84 bits per heavy atom. The van der Waals surface area contributed by atoms with Crippen LogP contribution in [0.15, 0.2) is 47.4 Å². The molecular formula is C21H23N3O7S. The van der Waals surface area contributed by atoms with E-state index in [9.17, 15) is 28.1 Å². The van der Waals surface area contributed by atoms with Crippen LogP contribution in [0.25, 0.3) is 0 Å². The summed E-state index contributed by atoms with van der Waals surface area (Å²) >= 11 is 0. The van der Waals surface area contributed by atoms with Gasteiger partial charge in [-0.25, -0.2) is 13.2 Å². The topological polar surface area (TPSA) is 136 Å². The minimum absolute atomic E-state index is 0.00185. The molecular weight excluding hydrogens is 438 g/mol. The Kier molecular flexibility index (Phi) is 7.21. The SMILES string of the molecule is Cc1ccc(S(=O)(=O)N2CCCCC2)cc1C(=O)OCC(=O)Nc1cccc([N+](=O)[O-])c1. The number of carbonyl (C=O) groups excluding carboxylic acids is 2. The van der Waals surface area contributed by atoms with Crippen LogP contribution in [-0.4, -0.2) is 49.2 Å². The molecule has 0 bridgehead atoms. The second-order valence-electron chi connectivity index (χ2n) is 7.37. The van der Waals surface area contributed by atoms with Crippen LogP contribution in [0, 0.1) is 17.0 Å². The van der Waals surface area contributed by atoms with Crippen molar-refractivity contribution in [3.63, 3.8) is 0 Å². The second kappa shape index (κ2) is 9.88. The number of anilines is 1. The van der Waals surface area contributed by atoms with E-state index in [2.05, 4.69) is 5.32 Å². The van der Waals surface area contributed by atoms with Crippen molar-refractivity contribution in [2.75, 3.05) is 25.0 Å². The van der Waals surface area contributed by atoms with E-state index in [0.29, 0.717) is 18.7 Å². The van der Waals surface area contributed by atoms with Gasteiger partial charge in [-0.1, -0.05) is 18.6 Å². The maximum Gasteiger partial charge on any atom is 0.338 e. The summed E-state index contributed by atoms with van der Waals surface area (Å²) in [6.07, 6.45) is 2.56. The molecule has 1 aliphatic heterocycles. The summed E-state index contributed by atoms with van der Waals surface area (Å²) in [4.78, 5) is 34.8. The van der Waals surface area contributed by atoms with Gasteiger partial charge in [0.05, 0.1) is 15.4 Å². The lowest BCUT2D eigenvalue weighted by molar-refractivity contribution is -0.384. The number of nitrogens with one attached hydrogen (secondary N) is 1. The van der Waals surface area contributed by atoms with Crippen molar-refractivity contribution >= 4 is 33.3 Å². The number of ether oxygens (including phenoxy) is 1. The molecule has 0 unspecified atom stereocenters. The van der Waals surface area contributed by atoms with Gasteiger partial charge in [-0.15, -0.1) is 0 Å². The van der Waals surface area contributed by atoms with E-state index < -0.39 is 33.4 Å². The van der Waals surface area contributed by atoms with Crippen LogP contribution in [0.3, 0.4) is 0 Å². The zero-order chi connectivity index (χ0) is 23.3. The molecule has 170 valence electrons. The van der Waals surface area contributed by atoms with Crippen LogP contribution >= 0.6 is 0 Å². The summed E-state index contributed by atoms with van der Waals surface area (Å²) in [6.45, 7) is 1.88. The van der Waals surface area contributed by atoms with Crippen LogP contribution < -0.4 is 5.32 Å². The highest BCUT2D eigenvalue weighted by molar-refractivity contribution is 7.89. The van der Waals surface area contributed by atoms with Gasteiger partial charge in [0.1, 0.15) is 0 Å². The summed E-state index contributed by atoms with van der Waals surface area (Å²) in [5, 5.41) is 13.2. The molecule has 10 nitrogen and oxygen atoms in total. The van der Waals surface area contributed by atoms with Crippen LogP contribution in [0.1, 0.15) is 35.2 Å². The minimum Gasteiger partial charge on any atom is -0.452 e. The number of piperidine rings is 1. The average molecular weight is 461 g/mol. The molecule has 0 atom stereocenters. The van der Waals surface area contributed by atoms with Gasteiger partial charge >= 0.3 is 5.97 Å². The first-order valence-corrected chi connectivity index (χ1v) is 11.4. The fourth-order valence-corrected chi connectivity index (χ4v) is 4.88.